The number of nitrogens with one attached hydrogen (secondary N) is 6. The molecule has 0 saturated heterocycles. The van der Waals surface area contributed by atoms with Crippen LogP contribution in [0.3, 0.4) is 0 Å². The molecule has 6 amide bonds. The largest absolute Gasteiger partial charge is 0.508 e. The summed E-state index contributed by atoms with van der Waals surface area (Å²) in [5, 5.41) is 36.7. The van der Waals surface area contributed by atoms with E-state index in [9.17, 15) is 56.9 Å². The molecule has 3 atom stereocenters. The lowest BCUT2D eigenvalue weighted by molar-refractivity contribution is -0.189. The molecule has 0 saturated carbocycles. The van der Waals surface area contributed by atoms with Crippen molar-refractivity contribution in [3.8, 4) is 17.2 Å². The van der Waals surface area contributed by atoms with Gasteiger partial charge in [0.05, 0.1) is 0 Å². The van der Waals surface area contributed by atoms with Gasteiger partial charge < -0.3 is 64.1 Å². The van der Waals surface area contributed by atoms with Gasteiger partial charge in [-0.25, -0.2) is 4.79 Å². The van der Waals surface area contributed by atoms with Crippen LogP contribution in [0.4, 0.5) is 30.2 Å². The second kappa shape index (κ2) is 30.5. The predicted octanol–water partition coefficient (Wildman–Crippen LogP) is 7.34. The average molecular weight is 1130 g/mol. The standard InChI is InChI=1S/C60H66F3N9O10/c61-60(62,63)59(81)82-48-15-9-12-42(36-48)55(77)72-51(18-3-6-33-66)58(80)69-45-29-23-39(24-30-45)52(37-19-25-43(26-20-37)67-56(78)49(16-1-4-31-64)70-53(75)40-10-7-13-46(73)34-40)38-21-27-44(28-22-38)68-57(79)50(17-2-5-32-65)71-54(76)41-11-8-14-47(74)35-41/h7-15,19-30,34-36,49-52,73-74H,1-6,16-18,31-33,64-66H2,(H,67,78)(H,68,79)(H,69,80)(H,70,75)(H,71,76)(H,72,77)/t49-,50-,51-/m1/s1. The molecule has 0 aromatic heterocycles. The zero-order valence-electron chi connectivity index (χ0n) is 44.7. The van der Waals surface area contributed by atoms with E-state index in [-0.39, 0.29) is 47.5 Å². The van der Waals surface area contributed by atoms with E-state index in [1.807, 2.05) is 24.3 Å². The number of hydrogen-bond donors (Lipinski definition) is 11. The van der Waals surface area contributed by atoms with Gasteiger partial charge in [0.15, 0.2) is 0 Å². The lowest BCUT2D eigenvalue weighted by Gasteiger charge is -2.22. The fourth-order valence-corrected chi connectivity index (χ4v) is 8.71. The Kier molecular flexibility index (Phi) is 23.1. The Balaban J connectivity index is 1.25. The number of ether oxygens (including phenoxy) is 1. The van der Waals surface area contributed by atoms with E-state index in [2.05, 4.69) is 36.6 Å². The number of aromatic hydroxyl groups is 2. The highest BCUT2D eigenvalue weighted by atomic mass is 19.4. The Bertz CT molecular complexity index is 3010. The lowest BCUT2D eigenvalue weighted by atomic mass is 9.85. The van der Waals surface area contributed by atoms with Crippen LogP contribution in [0.25, 0.3) is 0 Å². The number of unbranched alkanes of at least 4 members (excludes halogenated alkanes) is 3. The summed E-state index contributed by atoms with van der Waals surface area (Å²) in [7, 11) is 0. The number of carbonyl (C=O) groups is 7. The molecule has 0 aliphatic carbocycles. The molecule has 0 aliphatic rings. The van der Waals surface area contributed by atoms with E-state index in [4.69, 9.17) is 17.2 Å². The van der Waals surface area contributed by atoms with Gasteiger partial charge in [-0.1, -0.05) is 54.6 Å². The maximum Gasteiger partial charge on any atom is 0.491 e. The summed E-state index contributed by atoms with van der Waals surface area (Å²) < 4.78 is 43.0. The first-order chi connectivity index (χ1) is 39.3. The number of esters is 1. The molecular weight excluding hydrogens is 1060 g/mol. The van der Waals surface area contributed by atoms with Crippen molar-refractivity contribution in [2.24, 2.45) is 17.2 Å². The molecule has 22 heteroatoms. The van der Waals surface area contributed by atoms with Gasteiger partial charge >= 0.3 is 12.1 Å². The third kappa shape index (κ3) is 18.7. The molecular formula is C60H66F3N9O10. The highest BCUT2D eigenvalue weighted by Crippen LogP contribution is 2.34. The zero-order chi connectivity index (χ0) is 59.2. The molecule has 0 radical (unpaired) electrons. The Labute approximate surface area is 471 Å². The van der Waals surface area contributed by atoms with Crippen LogP contribution in [0.5, 0.6) is 17.2 Å². The Morgan fingerprint density at radius 2 is 0.756 bits per heavy atom. The Morgan fingerprint density at radius 3 is 1.06 bits per heavy atom. The van der Waals surface area contributed by atoms with Gasteiger partial charge in [-0.3, -0.25) is 28.8 Å². The number of phenols is 2. The third-order valence-corrected chi connectivity index (χ3v) is 13.0. The van der Waals surface area contributed by atoms with Crippen molar-refractivity contribution in [2.45, 2.75) is 88.0 Å². The summed E-state index contributed by atoms with van der Waals surface area (Å²) in [6.07, 6.45) is -1.26. The van der Waals surface area contributed by atoms with Crippen molar-refractivity contribution < 1.29 is 61.7 Å². The fraction of sp³-hybridized carbons (Fsp3) is 0.283. The molecule has 0 unspecified atom stereocenters. The summed E-state index contributed by atoms with van der Waals surface area (Å²) in [5.41, 5.74) is 20.8. The SMILES string of the molecule is NCCCC[C@@H](NC(=O)c1cccc(O)c1)C(=O)Nc1ccc(C(c2ccc(NC(=O)[C@@H](CCCCN)NC(=O)c3cccc(O)c3)cc2)c2ccc(NC(=O)[C@@H](CCCCN)NC(=O)c3cccc(OC(=O)C(F)(F)F)c3)cc2)cc1. The van der Waals surface area contributed by atoms with Crippen LogP contribution in [0.2, 0.25) is 0 Å². The number of benzene rings is 6. The van der Waals surface area contributed by atoms with Gasteiger partial charge in [0, 0.05) is 39.7 Å². The number of carbonyl (C=O) groups excluding carboxylic acids is 7. The third-order valence-electron chi connectivity index (χ3n) is 13.0. The van der Waals surface area contributed by atoms with Crippen molar-refractivity contribution in [1.29, 1.82) is 0 Å². The maximum atomic E-state index is 13.9. The summed E-state index contributed by atoms with van der Waals surface area (Å²) in [6.45, 7) is 1.09. The quantitative estimate of drug-likeness (QED) is 0.00992. The van der Waals surface area contributed by atoms with Crippen molar-refractivity contribution in [1.82, 2.24) is 16.0 Å². The lowest BCUT2D eigenvalue weighted by Crippen LogP contribution is -2.43. The minimum Gasteiger partial charge on any atom is -0.508 e. The smallest absolute Gasteiger partial charge is 0.491 e. The molecule has 6 aromatic carbocycles. The molecule has 0 heterocycles. The van der Waals surface area contributed by atoms with E-state index >= 15 is 0 Å². The summed E-state index contributed by atoms with van der Waals surface area (Å²) in [4.78, 5) is 92.6. The second-order valence-corrected chi connectivity index (χ2v) is 19.2. The normalized spacial score (nSPS) is 12.3. The zero-order valence-corrected chi connectivity index (χ0v) is 44.7. The van der Waals surface area contributed by atoms with Crippen molar-refractivity contribution >= 4 is 58.5 Å². The number of amides is 6. The van der Waals surface area contributed by atoms with Crippen molar-refractivity contribution in [3.63, 3.8) is 0 Å². The van der Waals surface area contributed by atoms with Gasteiger partial charge in [0.1, 0.15) is 35.4 Å². The van der Waals surface area contributed by atoms with Crippen LogP contribution in [0.1, 0.15) is 111 Å². The molecule has 0 spiro atoms. The van der Waals surface area contributed by atoms with Crippen molar-refractivity contribution in [2.75, 3.05) is 35.6 Å². The molecule has 82 heavy (non-hydrogen) atoms. The predicted molar refractivity (Wildman–Crippen MR) is 303 cm³/mol. The number of rotatable bonds is 28. The second-order valence-electron chi connectivity index (χ2n) is 19.2. The molecule has 14 N–H and O–H groups in total. The summed E-state index contributed by atoms with van der Waals surface area (Å²) in [5.74, 6) is -7.19. The van der Waals surface area contributed by atoms with E-state index in [1.54, 1.807) is 48.5 Å². The number of phenolic OH excluding ortho intramolecular Hbond substituents is 2. The number of hydrogen-bond acceptors (Lipinski definition) is 13. The van der Waals surface area contributed by atoms with E-state index in [0.29, 0.717) is 75.2 Å². The molecule has 0 aliphatic heterocycles. The number of nitrogens with two attached hydrogens (primary N) is 3. The molecule has 6 rings (SSSR count). The van der Waals surface area contributed by atoms with E-state index < -0.39 is 77.4 Å². The molecule has 432 valence electrons. The Morgan fingerprint density at radius 1 is 0.439 bits per heavy atom. The first-order valence-corrected chi connectivity index (χ1v) is 26.6. The first-order valence-electron chi connectivity index (χ1n) is 26.6. The summed E-state index contributed by atoms with van der Waals surface area (Å²) >= 11 is 0. The summed E-state index contributed by atoms with van der Waals surface area (Å²) in [6, 6.07) is 34.0. The number of halogens is 3. The van der Waals surface area contributed by atoms with Crippen LogP contribution in [0, 0.1) is 0 Å². The fourth-order valence-electron chi connectivity index (χ4n) is 8.71. The highest BCUT2D eigenvalue weighted by molar-refractivity contribution is 6.03. The molecule has 6 aromatic rings. The minimum atomic E-state index is -5.27. The van der Waals surface area contributed by atoms with Gasteiger partial charge in [0.25, 0.3) is 17.7 Å². The first kappa shape index (κ1) is 62.1. The van der Waals surface area contributed by atoms with Gasteiger partial charge in [-0.2, -0.15) is 13.2 Å². The number of alkyl halides is 3. The molecule has 19 nitrogen and oxygen atoms in total. The van der Waals surface area contributed by atoms with Crippen molar-refractivity contribution in [3.05, 3.63) is 179 Å². The van der Waals surface area contributed by atoms with Crippen LogP contribution >= 0.6 is 0 Å². The van der Waals surface area contributed by atoms with Gasteiger partial charge in [0.2, 0.25) is 17.7 Å². The monoisotopic (exact) mass is 1130 g/mol. The van der Waals surface area contributed by atoms with Gasteiger partial charge in [-0.15, -0.1) is 0 Å². The van der Waals surface area contributed by atoms with E-state index in [1.165, 1.54) is 60.7 Å². The number of anilines is 3. The molecule has 0 bridgehead atoms. The van der Waals surface area contributed by atoms with E-state index in [0.717, 1.165) is 28.8 Å². The molecule has 0 fully saturated rings. The minimum absolute atomic E-state index is 0.107. The topological polar surface area (TPSA) is 319 Å². The Hall–Kier alpha value is -9.12. The van der Waals surface area contributed by atoms with Crippen LogP contribution in [-0.2, 0) is 19.2 Å². The van der Waals surface area contributed by atoms with Crippen LogP contribution in [0.15, 0.2) is 146 Å². The van der Waals surface area contributed by atoms with Crippen LogP contribution in [-0.4, -0.2) is 95.6 Å². The maximum absolute atomic E-state index is 13.9. The highest BCUT2D eigenvalue weighted by Gasteiger charge is 2.41. The van der Waals surface area contributed by atoms with Crippen LogP contribution < -0.4 is 53.8 Å². The average Bonchev–Trinajstić information content (AvgIpc) is 3.50. The van der Waals surface area contributed by atoms with Gasteiger partial charge in [-0.05, 0) is 185 Å².